The van der Waals surface area contributed by atoms with Gasteiger partial charge in [0.2, 0.25) is 0 Å². The summed E-state index contributed by atoms with van der Waals surface area (Å²) in [5.41, 5.74) is 1.04. The highest BCUT2D eigenvalue weighted by Crippen LogP contribution is 2.38. The predicted octanol–water partition coefficient (Wildman–Crippen LogP) is 3.93. The minimum atomic E-state index is -0.655. The highest BCUT2D eigenvalue weighted by molar-refractivity contribution is 7.71. The first-order chi connectivity index (χ1) is 10.9. The second-order valence-electron chi connectivity index (χ2n) is 5.06. The normalized spacial score (nSPS) is 11.1. The molecule has 0 atom stereocenters. The summed E-state index contributed by atoms with van der Waals surface area (Å²) in [5, 5.41) is 3.83. The van der Waals surface area contributed by atoms with Crippen LogP contribution in [0.2, 0.25) is 0 Å². The Morgan fingerprint density at radius 2 is 1.32 bits per heavy atom. The maximum Gasteiger partial charge on any atom is 0.143 e. The molecular formula is C19H15N2P. The minimum absolute atomic E-state index is 0.655. The Kier molecular flexibility index (Phi) is 3.46. The first-order valence-electron chi connectivity index (χ1n) is 7.26. The molecule has 0 bridgehead atoms. The van der Waals surface area contributed by atoms with Crippen LogP contribution in [-0.2, 0) is 0 Å². The van der Waals surface area contributed by atoms with Gasteiger partial charge < -0.3 is 4.34 Å². The van der Waals surface area contributed by atoms with Crippen LogP contribution in [0, 0.1) is 0 Å². The van der Waals surface area contributed by atoms with Crippen molar-refractivity contribution in [2.24, 2.45) is 0 Å². The van der Waals surface area contributed by atoms with E-state index in [4.69, 9.17) is 0 Å². The lowest BCUT2D eigenvalue weighted by atomic mass is 10.3. The van der Waals surface area contributed by atoms with E-state index >= 15 is 0 Å². The van der Waals surface area contributed by atoms with Gasteiger partial charge in [-0.1, -0.05) is 60.7 Å². The van der Waals surface area contributed by atoms with Crippen molar-refractivity contribution in [3.8, 4) is 0 Å². The predicted molar refractivity (Wildman–Crippen MR) is 94.2 cm³/mol. The van der Waals surface area contributed by atoms with Gasteiger partial charge in [-0.3, -0.25) is 0 Å². The molecule has 106 valence electrons. The van der Waals surface area contributed by atoms with E-state index in [0.717, 1.165) is 5.65 Å². The number of aromatic nitrogens is 2. The van der Waals surface area contributed by atoms with Crippen molar-refractivity contribution >= 4 is 29.7 Å². The number of hydrogen-bond acceptors (Lipinski definition) is 1. The molecule has 0 aliphatic rings. The van der Waals surface area contributed by atoms with Crippen LogP contribution in [0.5, 0.6) is 0 Å². The number of rotatable bonds is 3. The number of hydrogen-bond donors (Lipinski definition) is 0. The van der Waals surface area contributed by atoms with Gasteiger partial charge in [-0.05, 0) is 18.2 Å². The number of fused-ring (bicyclic) bond motifs is 1. The first kappa shape index (κ1) is 13.2. The Morgan fingerprint density at radius 1 is 0.682 bits per heavy atom. The zero-order chi connectivity index (χ0) is 14.8. The van der Waals surface area contributed by atoms with E-state index in [0.29, 0.717) is 0 Å². The lowest BCUT2D eigenvalue weighted by Crippen LogP contribution is -2.16. The zero-order valence-corrected chi connectivity index (χ0v) is 12.9. The van der Waals surface area contributed by atoms with Crippen molar-refractivity contribution in [3.63, 3.8) is 0 Å². The van der Waals surface area contributed by atoms with E-state index in [-0.39, 0.29) is 0 Å². The van der Waals surface area contributed by atoms with E-state index in [2.05, 4.69) is 88.3 Å². The molecule has 2 aromatic heterocycles. The van der Waals surface area contributed by atoms with Crippen LogP contribution < -0.4 is 10.6 Å². The quantitative estimate of drug-likeness (QED) is 0.524. The summed E-state index contributed by atoms with van der Waals surface area (Å²) < 4.78 is 2.31. The Labute approximate surface area is 130 Å². The molecule has 0 aliphatic heterocycles. The number of benzene rings is 2. The maximum absolute atomic E-state index is 4.59. The number of nitrogens with zero attached hydrogens (tertiary/aromatic N) is 2. The Bertz CT molecular complexity index is 845. The molecule has 2 heterocycles. The van der Waals surface area contributed by atoms with E-state index in [9.17, 15) is 0 Å². The Morgan fingerprint density at radius 3 is 1.95 bits per heavy atom. The topological polar surface area (TPSA) is 17.8 Å². The monoisotopic (exact) mass is 302 g/mol. The lowest BCUT2D eigenvalue weighted by Gasteiger charge is -2.20. The molecule has 0 N–H and O–H groups in total. The van der Waals surface area contributed by atoms with Gasteiger partial charge in [-0.25, -0.2) is 4.98 Å². The average molecular weight is 302 g/mol. The summed E-state index contributed by atoms with van der Waals surface area (Å²) in [7, 11) is -0.655. The van der Waals surface area contributed by atoms with Crippen LogP contribution in [0.1, 0.15) is 0 Å². The Balaban J connectivity index is 1.95. The van der Waals surface area contributed by atoms with Crippen molar-refractivity contribution in [1.82, 2.24) is 9.32 Å². The fourth-order valence-corrected chi connectivity index (χ4v) is 4.91. The van der Waals surface area contributed by atoms with E-state index < -0.39 is 8.07 Å². The standard InChI is InChI=1S/C19H15N2P/c1-3-9-17(10-4-1)22(18-11-5-2-6-12-18)21-15-13-16-8-7-14-20-19(16)21/h1-15H. The molecule has 0 saturated carbocycles. The molecule has 0 fully saturated rings. The van der Waals surface area contributed by atoms with Crippen molar-refractivity contribution in [2.45, 2.75) is 0 Å². The van der Waals surface area contributed by atoms with Gasteiger partial charge in [-0.2, -0.15) is 0 Å². The second kappa shape index (κ2) is 5.75. The largest absolute Gasteiger partial charge is 0.303 e. The van der Waals surface area contributed by atoms with Crippen LogP contribution in [0.15, 0.2) is 91.3 Å². The molecule has 0 spiro atoms. The molecular weight excluding hydrogens is 287 g/mol. The van der Waals surface area contributed by atoms with Crippen molar-refractivity contribution in [1.29, 1.82) is 0 Å². The van der Waals surface area contributed by atoms with Gasteiger partial charge >= 0.3 is 0 Å². The summed E-state index contributed by atoms with van der Waals surface area (Å²) in [6, 6.07) is 27.6. The smallest absolute Gasteiger partial charge is 0.143 e. The highest BCUT2D eigenvalue weighted by Gasteiger charge is 2.18. The summed E-state index contributed by atoms with van der Waals surface area (Å²) >= 11 is 0. The van der Waals surface area contributed by atoms with Gasteiger partial charge in [0.1, 0.15) is 5.65 Å². The van der Waals surface area contributed by atoms with Crippen LogP contribution >= 0.6 is 8.07 Å². The van der Waals surface area contributed by atoms with E-state index in [1.807, 2.05) is 12.3 Å². The molecule has 4 rings (SSSR count). The fraction of sp³-hybridized carbons (Fsp3) is 0. The molecule has 2 nitrogen and oxygen atoms in total. The molecule has 2 aromatic carbocycles. The summed E-state index contributed by atoms with van der Waals surface area (Å²) in [4.78, 5) is 4.59. The third-order valence-corrected chi connectivity index (χ3v) is 5.97. The summed E-state index contributed by atoms with van der Waals surface area (Å²) in [6.45, 7) is 0. The molecule has 0 saturated heterocycles. The van der Waals surface area contributed by atoms with Gasteiger partial charge in [0, 0.05) is 28.4 Å². The lowest BCUT2D eigenvalue weighted by molar-refractivity contribution is 1.24. The van der Waals surface area contributed by atoms with Crippen molar-refractivity contribution in [3.05, 3.63) is 91.3 Å². The van der Waals surface area contributed by atoms with Crippen LogP contribution in [0.3, 0.4) is 0 Å². The second-order valence-corrected chi connectivity index (χ2v) is 7.15. The summed E-state index contributed by atoms with van der Waals surface area (Å²) in [6.07, 6.45) is 4.02. The minimum Gasteiger partial charge on any atom is -0.303 e. The molecule has 0 aliphatic carbocycles. The molecule has 0 amide bonds. The van der Waals surface area contributed by atoms with Crippen molar-refractivity contribution < 1.29 is 0 Å². The van der Waals surface area contributed by atoms with Crippen molar-refractivity contribution in [2.75, 3.05) is 0 Å². The molecule has 22 heavy (non-hydrogen) atoms. The van der Waals surface area contributed by atoms with Gasteiger partial charge in [-0.15, -0.1) is 0 Å². The highest BCUT2D eigenvalue weighted by atomic mass is 31.1. The number of pyridine rings is 1. The maximum atomic E-state index is 4.59. The Hall–Kier alpha value is -2.44. The van der Waals surface area contributed by atoms with Gasteiger partial charge in [0.15, 0.2) is 0 Å². The van der Waals surface area contributed by atoms with Gasteiger partial charge in [0.25, 0.3) is 0 Å². The van der Waals surface area contributed by atoms with E-state index in [1.54, 1.807) is 0 Å². The zero-order valence-electron chi connectivity index (χ0n) is 12.0. The third-order valence-electron chi connectivity index (χ3n) is 3.65. The summed E-state index contributed by atoms with van der Waals surface area (Å²) in [5.74, 6) is 0. The van der Waals surface area contributed by atoms with Crippen LogP contribution in [0.4, 0.5) is 0 Å². The van der Waals surface area contributed by atoms with E-state index in [1.165, 1.54) is 16.0 Å². The first-order valence-corrected chi connectivity index (χ1v) is 8.55. The molecule has 0 unspecified atom stereocenters. The van der Waals surface area contributed by atoms with Crippen LogP contribution in [0.25, 0.3) is 11.0 Å². The van der Waals surface area contributed by atoms with Crippen LogP contribution in [-0.4, -0.2) is 9.32 Å². The SMILES string of the molecule is c1ccc(P(c2ccccc2)n2ccc3cccnc32)cc1. The van der Waals surface area contributed by atoms with Gasteiger partial charge in [0.05, 0.1) is 8.07 Å². The molecule has 0 radical (unpaired) electrons. The fourth-order valence-electron chi connectivity index (χ4n) is 2.65. The molecule has 4 aromatic rings. The average Bonchev–Trinajstić information content (AvgIpc) is 3.01. The molecule has 3 heteroatoms. The third kappa shape index (κ3) is 2.32.